The fourth-order valence-corrected chi connectivity index (χ4v) is 13.0. The van der Waals surface area contributed by atoms with Crippen molar-refractivity contribution in [2.45, 2.75) is 90.9 Å². The van der Waals surface area contributed by atoms with Crippen LogP contribution in [0.4, 0.5) is 11.4 Å². The summed E-state index contributed by atoms with van der Waals surface area (Å²) in [6.45, 7) is 23.4. The van der Waals surface area contributed by atoms with Crippen LogP contribution in [-0.4, -0.2) is 11.4 Å². The van der Waals surface area contributed by atoms with Gasteiger partial charge in [0.25, 0.3) is 0 Å². The second kappa shape index (κ2) is 12.9. The highest BCUT2D eigenvalue weighted by Crippen LogP contribution is 2.56. The van der Waals surface area contributed by atoms with Crippen LogP contribution in [-0.2, 0) is 21.7 Å². The summed E-state index contributed by atoms with van der Waals surface area (Å²) < 4.78 is 9.54. The Morgan fingerprint density at radius 2 is 1.13 bits per heavy atom. The van der Waals surface area contributed by atoms with Gasteiger partial charge in [0.2, 0.25) is 0 Å². The Hall–Kier alpha value is -7.04. The van der Waals surface area contributed by atoms with Crippen molar-refractivity contribution >= 4 is 61.9 Å². The number of hydrogen-bond acceptors (Lipinski definition) is 2. The highest BCUT2D eigenvalue weighted by Gasteiger charge is 2.47. The van der Waals surface area contributed by atoms with Crippen LogP contribution in [0.1, 0.15) is 103 Å². The number of benzene rings is 8. The summed E-state index contributed by atoms with van der Waals surface area (Å²) in [5, 5.41) is 3.70. The van der Waals surface area contributed by atoms with E-state index in [9.17, 15) is 0 Å². The van der Waals surface area contributed by atoms with E-state index < -0.39 is 0 Å². The molecule has 0 fully saturated rings. The van der Waals surface area contributed by atoms with E-state index in [0.29, 0.717) is 0 Å². The molecule has 2 aromatic heterocycles. The molecular formula is C64H55BN2O. The largest absolute Gasteiger partial charge is 0.456 e. The summed E-state index contributed by atoms with van der Waals surface area (Å²) in [6, 6.07) is 58.4. The van der Waals surface area contributed by atoms with E-state index >= 15 is 0 Å². The molecule has 2 aliphatic carbocycles. The van der Waals surface area contributed by atoms with Gasteiger partial charge < -0.3 is 13.8 Å². The van der Waals surface area contributed by atoms with Crippen molar-refractivity contribution in [3.8, 4) is 50.4 Å². The zero-order chi connectivity index (χ0) is 46.6. The summed E-state index contributed by atoms with van der Waals surface area (Å²) >= 11 is 0. The summed E-state index contributed by atoms with van der Waals surface area (Å²) in [6.07, 6.45) is 0. The van der Waals surface area contributed by atoms with Crippen LogP contribution < -0.4 is 15.7 Å². The zero-order valence-corrected chi connectivity index (χ0v) is 40.8. The van der Waals surface area contributed by atoms with Crippen molar-refractivity contribution in [3.05, 3.63) is 185 Å². The number of nitrogens with zero attached hydrogens (tertiary/aromatic N) is 2. The van der Waals surface area contributed by atoms with Gasteiger partial charge in [-0.1, -0.05) is 166 Å². The molecule has 0 radical (unpaired) electrons. The van der Waals surface area contributed by atoms with Crippen LogP contribution in [0, 0.1) is 0 Å². The van der Waals surface area contributed by atoms with Gasteiger partial charge >= 0.3 is 6.85 Å². The predicted octanol–water partition coefficient (Wildman–Crippen LogP) is 15.6. The van der Waals surface area contributed by atoms with Crippen LogP contribution in [0.5, 0.6) is 0 Å². The van der Waals surface area contributed by atoms with Gasteiger partial charge in [-0.05, 0) is 138 Å². The maximum Gasteiger partial charge on any atom is 0.333 e. The molecule has 4 heteroatoms. The standard InChI is InChI=1S/C64H55BN2O/c1-61(2,3)38-20-23-40(24-21-38)67-55-34-52-46(42-25-22-39(62(4,5)6)30-50(42)64(52,9)10)31-47(55)43-26-27-44-48-32-45-41-18-14-15-19-49(41)63(7,8)51(45)33-54(48)66-56-28-37-29-57(36-16-12-11-13-17-36)68-58(37)35-53(56)65(67)59(43)60(44)66/h11-35H,1-10H3. The Labute approximate surface area is 400 Å². The molecule has 0 amide bonds. The predicted molar refractivity (Wildman–Crippen MR) is 288 cm³/mol. The van der Waals surface area contributed by atoms with Crippen molar-refractivity contribution in [1.29, 1.82) is 0 Å². The van der Waals surface area contributed by atoms with Crippen LogP contribution in [0.15, 0.2) is 156 Å². The number of anilines is 2. The maximum atomic E-state index is 6.91. The lowest BCUT2D eigenvalue weighted by atomic mass is 9.44. The summed E-state index contributed by atoms with van der Waals surface area (Å²) in [5.74, 6) is 0.886. The molecule has 0 unspecified atom stereocenters. The van der Waals surface area contributed by atoms with Gasteiger partial charge in [-0.25, -0.2) is 0 Å². The molecule has 4 heterocycles. The minimum Gasteiger partial charge on any atom is -0.456 e. The molecule has 10 aromatic rings. The molecule has 8 aromatic carbocycles. The molecule has 330 valence electrons. The first kappa shape index (κ1) is 40.1. The Kier molecular flexibility index (Phi) is 7.62. The number of furan rings is 1. The fraction of sp³-hybridized carbons (Fsp3) is 0.219. The topological polar surface area (TPSA) is 21.3 Å². The van der Waals surface area contributed by atoms with E-state index in [4.69, 9.17) is 4.42 Å². The molecule has 0 saturated carbocycles. The van der Waals surface area contributed by atoms with Crippen LogP contribution in [0.3, 0.4) is 0 Å². The van der Waals surface area contributed by atoms with Gasteiger partial charge in [-0.15, -0.1) is 0 Å². The number of hydrogen-bond donors (Lipinski definition) is 0. The van der Waals surface area contributed by atoms with E-state index in [1.54, 1.807) is 0 Å². The monoisotopic (exact) mass is 878 g/mol. The first-order valence-corrected chi connectivity index (χ1v) is 24.6. The molecule has 3 nitrogen and oxygen atoms in total. The second-order valence-electron chi connectivity index (χ2n) is 23.4. The van der Waals surface area contributed by atoms with E-state index in [2.05, 4.69) is 230 Å². The van der Waals surface area contributed by atoms with Crippen molar-refractivity contribution in [3.63, 3.8) is 0 Å². The lowest BCUT2D eigenvalue weighted by Crippen LogP contribution is -2.60. The third-order valence-corrected chi connectivity index (χ3v) is 16.7. The first-order valence-electron chi connectivity index (χ1n) is 24.6. The third kappa shape index (κ3) is 5.16. The van der Waals surface area contributed by atoms with E-state index in [0.717, 1.165) is 22.3 Å². The van der Waals surface area contributed by atoms with Gasteiger partial charge in [0.1, 0.15) is 11.3 Å². The van der Waals surface area contributed by atoms with E-state index in [-0.39, 0.29) is 28.5 Å². The molecule has 0 bridgehead atoms. The van der Waals surface area contributed by atoms with Crippen LogP contribution in [0.25, 0.3) is 83.2 Å². The lowest BCUT2D eigenvalue weighted by molar-refractivity contribution is 0.584. The molecule has 0 N–H and O–H groups in total. The Bertz CT molecular complexity index is 3870. The van der Waals surface area contributed by atoms with Gasteiger partial charge in [0.15, 0.2) is 0 Å². The zero-order valence-electron chi connectivity index (χ0n) is 40.8. The average molecular weight is 879 g/mol. The van der Waals surface area contributed by atoms with Gasteiger partial charge in [0.05, 0.1) is 11.0 Å². The SMILES string of the molecule is CC(C)(C)c1ccc(N2B3c4cc5oc(-c6ccccc6)cc5cc4-n4c5cc6c(cc5c5ccc(c3c54)-c3cc4c(cc32)C(C)(C)c2cc(C(C)(C)C)ccc2-4)-c2ccccc2C6(C)C)cc1. The van der Waals surface area contributed by atoms with Gasteiger partial charge in [-0.2, -0.15) is 0 Å². The van der Waals surface area contributed by atoms with E-state index in [1.807, 2.05) is 0 Å². The maximum absolute atomic E-state index is 6.91. The summed E-state index contributed by atoms with van der Waals surface area (Å²) in [7, 11) is 0. The summed E-state index contributed by atoms with van der Waals surface area (Å²) in [5.41, 5.74) is 26.8. The second-order valence-corrected chi connectivity index (χ2v) is 23.4. The van der Waals surface area contributed by atoms with E-state index in [1.165, 1.54) is 117 Å². The van der Waals surface area contributed by atoms with Crippen LogP contribution in [0.2, 0.25) is 0 Å². The van der Waals surface area contributed by atoms with Gasteiger partial charge in [-0.3, -0.25) is 0 Å². The molecule has 4 aliphatic rings. The Morgan fingerprint density at radius 3 is 1.90 bits per heavy atom. The van der Waals surface area contributed by atoms with Crippen LogP contribution >= 0.6 is 0 Å². The minimum absolute atomic E-state index is 0.0225. The quantitative estimate of drug-likeness (QED) is 0.161. The minimum atomic E-state index is -0.190. The average Bonchev–Trinajstić information content (AvgIpc) is 4.02. The normalized spacial score (nSPS) is 15.7. The highest BCUT2D eigenvalue weighted by molar-refractivity contribution is 6.93. The molecule has 0 saturated heterocycles. The lowest BCUT2D eigenvalue weighted by Gasteiger charge is -2.42. The Balaban J connectivity index is 1.11. The molecule has 68 heavy (non-hydrogen) atoms. The fourth-order valence-electron chi connectivity index (χ4n) is 13.0. The van der Waals surface area contributed by atoms with Gasteiger partial charge in [0, 0.05) is 55.2 Å². The first-order chi connectivity index (χ1) is 32.5. The van der Waals surface area contributed by atoms with Crippen molar-refractivity contribution < 1.29 is 4.42 Å². The highest BCUT2D eigenvalue weighted by atomic mass is 16.3. The molecule has 14 rings (SSSR count). The van der Waals surface area contributed by atoms with Crippen molar-refractivity contribution in [1.82, 2.24) is 4.57 Å². The van der Waals surface area contributed by atoms with Crippen molar-refractivity contribution in [2.75, 3.05) is 4.81 Å². The Morgan fingerprint density at radius 1 is 0.485 bits per heavy atom. The molecule has 2 aliphatic heterocycles. The molecule has 0 atom stereocenters. The number of fused-ring (bicyclic) bond motifs is 15. The molecular weight excluding hydrogens is 824 g/mol. The third-order valence-electron chi connectivity index (χ3n) is 16.7. The summed E-state index contributed by atoms with van der Waals surface area (Å²) in [4.78, 5) is 2.69. The number of aromatic nitrogens is 1. The molecule has 0 spiro atoms. The van der Waals surface area contributed by atoms with Crippen molar-refractivity contribution in [2.24, 2.45) is 0 Å². The number of rotatable bonds is 2. The smallest absolute Gasteiger partial charge is 0.333 e.